The molecule has 0 N–H and O–H groups in total. The molecule has 2 aromatic rings. The second kappa shape index (κ2) is 7.99. The number of methoxy groups -OCH3 is 1. The van der Waals surface area contributed by atoms with Crippen molar-refractivity contribution >= 4 is 0 Å². The molecule has 0 aliphatic carbocycles. The molecule has 21 heavy (non-hydrogen) atoms. The van der Waals surface area contributed by atoms with Crippen molar-refractivity contribution in [2.75, 3.05) is 13.7 Å². The average Bonchev–Trinajstić information content (AvgIpc) is 2.88. The summed E-state index contributed by atoms with van der Waals surface area (Å²) in [6.07, 6.45) is 4.19. The molecule has 1 unspecified atom stereocenters. The van der Waals surface area contributed by atoms with Crippen LogP contribution in [0.4, 0.5) is 0 Å². The van der Waals surface area contributed by atoms with Crippen LogP contribution >= 0.6 is 0 Å². The Kier molecular flexibility index (Phi) is 6.00. The predicted octanol–water partition coefficient (Wildman–Crippen LogP) is 4.43. The van der Waals surface area contributed by atoms with Crippen LogP contribution in [0.15, 0.2) is 34.7 Å². The summed E-state index contributed by atoms with van der Waals surface area (Å²) in [5.41, 5.74) is 2.27. The van der Waals surface area contributed by atoms with Gasteiger partial charge in [0.2, 0.25) is 0 Å². The van der Waals surface area contributed by atoms with Crippen LogP contribution in [-0.4, -0.2) is 18.7 Å². The van der Waals surface area contributed by atoms with Crippen molar-refractivity contribution in [1.82, 2.24) is 4.98 Å². The number of nitrogens with zero attached hydrogens (tertiary/aromatic N) is 1. The van der Waals surface area contributed by atoms with Crippen LogP contribution in [0, 0.1) is 13.8 Å². The van der Waals surface area contributed by atoms with E-state index < -0.39 is 0 Å². The lowest BCUT2D eigenvalue weighted by molar-refractivity contribution is 0.189. The Labute approximate surface area is 127 Å². The van der Waals surface area contributed by atoms with Gasteiger partial charge in [-0.1, -0.05) is 6.07 Å². The van der Waals surface area contributed by atoms with E-state index in [1.807, 2.05) is 26.0 Å². The van der Waals surface area contributed by atoms with Crippen LogP contribution in [-0.2, 0) is 11.2 Å². The van der Waals surface area contributed by atoms with Gasteiger partial charge < -0.3 is 9.15 Å². The fraction of sp³-hybridized carbons (Fsp3) is 0.500. The van der Waals surface area contributed by atoms with Crippen LogP contribution < -0.4 is 0 Å². The second-order valence-corrected chi connectivity index (χ2v) is 5.59. The Bertz CT molecular complexity index is 548. The third-order valence-corrected chi connectivity index (χ3v) is 3.76. The van der Waals surface area contributed by atoms with Crippen LogP contribution in [0.5, 0.6) is 0 Å². The first kappa shape index (κ1) is 15.8. The smallest absolute Gasteiger partial charge is 0.104 e. The van der Waals surface area contributed by atoms with Crippen molar-refractivity contribution in [2.45, 2.75) is 45.4 Å². The van der Waals surface area contributed by atoms with Gasteiger partial charge in [0, 0.05) is 37.4 Å². The Balaban J connectivity index is 2.00. The maximum atomic E-state index is 5.67. The molecule has 114 valence electrons. The molecule has 3 nitrogen and oxygen atoms in total. The van der Waals surface area contributed by atoms with Crippen molar-refractivity contribution in [2.24, 2.45) is 0 Å². The van der Waals surface area contributed by atoms with E-state index in [4.69, 9.17) is 14.1 Å². The quantitative estimate of drug-likeness (QED) is 0.673. The molecule has 1 atom stereocenters. The highest BCUT2D eigenvalue weighted by atomic mass is 16.5. The summed E-state index contributed by atoms with van der Waals surface area (Å²) in [6, 6.07) is 10.4. The van der Waals surface area contributed by atoms with E-state index in [-0.39, 0.29) is 0 Å². The fourth-order valence-corrected chi connectivity index (χ4v) is 2.64. The molecule has 2 aromatic heterocycles. The minimum atomic E-state index is 0.463. The number of furan rings is 1. The molecule has 0 aliphatic rings. The maximum Gasteiger partial charge on any atom is 0.104 e. The lowest BCUT2D eigenvalue weighted by Crippen LogP contribution is -2.05. The maximum absolute atomic E-state index is 5.67. The summed E-state index contributed by atoms with van der Waals surface area (Å²) in [5.74, 6) is 2.51. The number of pyridine rings is 1. The molecule has 2 heterocycles. The molecule has 0 aliphatic heterocycles. The molecular weight excluding hydrogens is 262 g/mol. The van der Waals surface area contributed by atoms with Crippen LogP contribution in [0.3, 0.4) is 0 Å². The normalized spacial score (nSPS) is 12.5. The standard InChI is InChI=1S/C18H25NO2/c1-14-6-4-8-18(19-14)16(7-5-13-20-3)10-12-17-11-9-15(2)21-17/h4,6,8-9,11,16H,5,7,10,12-13H2,1-3H3. The minimum Gasteiger partial charge on any atom is -0.466 e. The van der Waals surface area contributed by atoms with Crippen molar-refractivity contribution in [3.63, 3.8) is 0 Å². The average molecular weight is 287 g/mol. The van der Waals surface area contributed by atoms with Gasteiger partial charge in [0.25, 0.3) is 0 Å². The highest BCUT2D eigenvalue weighted by molar-refractivity contribution is 5.15. The predicted molar refractivity (Wildman–Crippen MR) is 84.6 cm³/mol. The largest absolute Gasteiger partial charge is 0.466 e. The zero-order valence-electron chi connectivity index (χ0n) is 13.3. The lowest BCUT2D eigenvalue weighted by Gasteiger charge is -2.16. The van der Waals surface area contributed by atoms with E-state index in [9.17, 15) is 0 Å². The van der Waals surface area contributed by atoms with Crippen molar-refractivity contribution in [1.29, 1.82) is 0 Å². The van der Waals surface area contributed by atoms with Gasteiger partial charge in [0.05, 0.1) is 0 Å². The summed E-state index contributed by atoms with van der Waals surface area (Å²) in [7, 11) is 1.76. The van der Waals surface area contributed by atoms with E-state index in [1.165, 1.54) is 5.69 Å². The van der Waals surface area contributed by atoms with Crippen LogP contribution in [0.2, 0.25) is 0 Å². The molecule has 2 rings (SSSR count). The molecule has 0 saturated heterocycles. The first-order valence-corrected chi connectivity index (χ1v) is 7.67. The van der Waals surface area contributed by atoms with Gasteiger partial charge in [-0.2, -0.15) is 0 Å². The molecule has 0 amide bonds. The Hall–Kier alpha value is -1.61. The van der Waals surface area contributed by atoms with Crippen molar-refractivity contribution in [3.8, 4) is 0 Å². The van der Waals surface area contributed by atoms with Gasteiger partial charge >= 0.3 is 0 Å². The zero-order chi connectivity index (χ0) is 15.1. The first-order chi connectivity index (χ1) is 10.2. The number of aromatic nitrogens is 1. The van der Waals surface area contributed by atoms with Gasteiger partial charge in [-0.3, -0.25) is 4.98 Å². The van der Waals surface area contributed by atoms with Crippen LogP contribution in [0.25, 0.3) is 0 Å². The first-order valence-electron chi connectivity index (χ1n) is 7.67. The minimum absolute atomic E-state index is 0.463. The van der Waals surface area contributed by atoms with E-state index in [1.54, 1.807) is 7.11 Å². The Morgan fingerprint density at radius 3 is 2.67 bits per heavy atom. The summed E-state index contributed by atoms with van der Waals surface area (Å²) < 4.78 is 10.9. The summed E-state index contributed by atoms with van der Waals surface area (Å²) in [6.45, 7) is 4.84. The Morgan fingerprint density at radius 1 is 1.14 bits per heavy atom. The van der Waals surface area contributed by atoms with Crippen molar-refractivity contribution < 1.29 is 9.15 Å². The molecule has 0 radical (unpaired) electrons. The summed E-state index contributed by atoms with van der Waals surface area (Å²) >= 11 is 0. The number of hydrogen-bond acceptors (Lipinski definition) is 3. The molecule has 0 aromatic carbocycles. The number of ether oxygens (including phenoxy) is 1. The van der Waals surface area contributed by atoms with E-state index in [2.05, 4.69) is 18.2 Å². The Morgan fingerprint density at radius 2 is 2.00 bits per heavy atom. The highest BCUT2D eigenvalue weighted by Crippen LogP contribution is 2.26. The topological polar surface area (TPSA) is 35.3 Å². The summed E-state index contributed by atoms with van der Waals surface area (Å²) in [5, 5.41) is 0. The van der Waals surface area contributed by atoms with E-state index in [0.717, 1.165) is 49.5 Å². The number of rotatable bonds is 8. The molecular formula is C18H25NO2. The van der Waals surface area contributed by atoms with Crippen molar-refractivity contribution in [3.05, 3.63) is 53.2 Å². The molecule has 0 bridgehead atoms. The van der Waals surface area contributed by atoms with Gasteiger partial charge in [0.15, 0.2) is 0 Å². The summed E-state index contributed by atoms with van der Waals surface area (Å²) in [4.78, 5) is 4.70. The second-order valence-electron chi connectivity index (χ2n) is 5.59. The molecule has 0 fully saturated rings. The van der Waals surface area contributed by atoms with Crippen LogP contribution in [0.1, 0.15) is 48.1 Å². The van der Waals surface area contributed by atoms with E-state index in [0.29, 0.717) is 5.92 Å². The molecule has 3 heteroatoms. The monoisotopic (exact) mass is 287 g/mol. The third kappa shape index (κ3) is 5.01. The van der Waals surface area contributed by atoms with Gasteiger partial charge in [-0.05, 0) is 57.4 Å². The molecule has 0 saturated carbocycles. The van der Waals surface area contributed by atoms with Gasteiger partial charge in [-0.25, -0.2) is 0 Å². The number of aryl methyl sites for hydroxylation is 3. The van der Waals surface area contributed by atoms with Gasteiger partial charge in [0.1, 0.15) is 11.5 Å². The third-order valence-electron chi connectivity index (χ3n) is 3.76. The van der Waals surface area contributed by atoms with Gasteiger partial charge in [-0.15, -0.1) is 0 Å². The SMILES string of the molecule is COCCCC(CCc1ccc(C)o1)c1cccc(C)n1. The fourth-order valence-electron chi connectivity index (χ4n) is 2.64. The molecule has 0 spiro atoms. The zero-order valence-corrected chi connectivity index (χ0v) is 13.3. The van der Waals surface area contributed by atoms with E-state index >= 15 is 0 Å². The lowest BCUT2D eigenvalue weighted by atomic mass is 9.93. The highest BCUT2D eigenvalue weighted by Gasteiger charge is 2.14. The number of hydrogen-bond donors (Lipinski definition) is 0.